The Balaban J connectivity index is 1.98. The molecule has 1 aromatic rings. The maximum Gasteiger partial charge on any atom is 0.241 e. The van der Waals surface area contributed by atoms with Crippen LogP contribution in [0.4, 0.5) is 11.4 Å². The number of carbonyl (C=O) groups excluding carboxylic acids is 2. The second kappa shape index (κ2) is 6.05. The molecule has 1 aliphatic carbocycles. The largest absolute Gasteiger partial charge is 0.326 e. The highest BCUT2D eigenvalue weighted by Gasteiger charge is 2.29. The van der Waals surface area contributed by atoms with Crippen molar-refractivity contribution >= 4 is 23.2 Å². The van der Waals surface area contributed by atoms with Gasteiger partial charge in [-0.15, -0.1) is 0 Å². The quantitative estimate of drug-likeness (QED) is 0.768. The van der Waals surface area contributed by atoms with Crippen LogP contribution in [0.1, 0.15) is 26.7 Å². The highest BCUT2D eigenvalue weighted by molar-refractivity contribution is 5.97. The fourth-order valence-electron chi connectivity index (χ4n) is 1.79. The molecule has 2 amide bonds. The molecule has 1 aromatic carbocycles. The Morgan fingerprint density at radius 1 is 1.20 bits per heavy atom. The third-order valence-corrected chi connectivity index (χ3v) is 3.37. The molecule has 0 saturated heterocycles. The summed E-state index contributed by atoms with van der Waals surface area (Å²) >= 11 is 0. The number of hydrogen-bond donors (Lipinski definition) is 3. The van der Waals surface area contributed by atoms with Gasteiger partial charge in [0.1, 0.15) is 0 Å². The second-order valence-electron chi connectivity index (χ2n) is 5.60. The number of anilines is 2. The maximum absolute atomic E-state index is 11.9. The van der Waals surface area contributed by atoms with Crippen LogP contribution in [0.15, 0.2) is 24.3 Å². The highest BCUT2D eigenvalue weighted by atomic mass is 16.2. The van der Waals surface area contributed by atoms with E-state index in [0.29, 0.717) is 11.4 Å². The average molecular weight is 275 g/mol. The van der Waals surface area contributed by atoms with Gasteiger partial charge in [-0.1, -0.05) is 19.9 Å². The molecule has 5 heteroatoms. The molecule has 0 aromatic heterocycles. The van der Waals surface area contributed by atoms with Gasteiger partial charge in [0.05, 0.1) is 6.04 Å². The van der Waals surface area contributed by atoms with Crippen molar-refractivity contribution in [2.75, 3.05) is 10.6 Å². The van der Waals surface area contributed by atoms with Gasteiger partial charge < -0.3 is 16.4 Å². The minimum absolute atomic E-state index is 0.0485. The van der Waals surface area contributed by atoms with E-state index in [4.69, 9.17) is 5.73 Å². The molecular formula is C15H21N3O2. The summed E-state index contributed by atoms with van der Waals surface area (Å²) in [6, 6.07) is 6.57. The van der Waals surface area contributed by atoms with Crippen LogP contribution >= 0.6 is 0 Å². The third kappa shape index (κ3) is 3.81. The van der Waals surface area contributed by atoms with Crippen LogP contribution in [0.25, 0.3) is 0 Å². The van der Waals surface area contributed by atoms with Crippen LogP contribution in [-0.2, 0) is 9.59 Å². The van der Waals surface area contributed by atoms with Crippen LogP contribution in [0.5, 0.6) is 0 Å². The van der Waals surface area contributed by atoms with E-state index in [2.05, 4.69) is 10.6 Å². The fourth-order valence-corrected chi connectivity index (χ4v) is 1.79. The first-order valence-electron chi connectivity index (χ1n) is 6.94. The molecule has 1 fully saturated rings. The lowest BCUT2D eigenvalue weighted by Crippen LogP contribution is -2.39. The van der Waals surface area contributed by atoms with E-state index in [1.54, 1.807) is 24.3 Å². The summed E-state index contributed by atoms with van der Waals surface area (Å²) in [7, 11) is 0. The number of hydrogen-bond acceptors (Lipinski definition) is 3. The number of nitrogens with two attached hydrogens (primary N) is 1. The average Bonchev–Trinajstić information content (AvgIpc) is 3.22. The van der Waals surface area contributed by atoms with Gasteiger partial charge >= 0.3 is 0 Å². The van der Waals surface area contributed by atoms with Gasteiger partial charge in [-0.2, -0.15) is 0 Å². The molecule has 1 saturated carbocycles. The highest BCUT2D eigenvalue weighted by Crippen LogP contribution is 2.30. The van der Waals surface area contributed by atoms with E-state index in [-0.39, 0.29) is 23.7 Å². The number of nitrogens with one attached hydrogen (secondary N) is 2. The van der Waals surface area contributed by atoms with Crippen LogP contribution in [-0.4, -0.2) is 17.9 Å². The number of benzene rings is 1. The molecule has 0 bridgehead atoms. The lowest BCUT2D eigenvalue weighted by Gasteiger charge is -2.15. The van der Waals surface area contributed by atoms with E-state index < -0.39 is 6.04 Å². The van der Waals surface area contributed by atoms with Crippen molar-refractivity contribution in [2.24, 2.45) is 17.6 Å². The summed E-state index contributed by atoms with van der Waals surface area (Å²) in [5.74, 6) is 0.0633. The first-order valence-corrected chi connectivity index (χ1v) is 6.94. The number of carbonyl (C=O) groups is 2. The molecule has 108 valence electrons. The van der Waals surface area contributed by atoms with Crippen molar-refractivity contribution < 1.29 is 9.59 Å². The SMILES string of the molecule is CC(C)[C@H](N)C(=O)Nc1cccc(NC(=O)C2CC2)c1. The smallest absolute Gasteiger partial charge is 0.241 e. The Labute approximate surface area is 118 Å². The van der Waals surface area contributed by atoms with Gasteiger partial charge in [0, 0.05) is 17.3 Å². The van der Waals surface area contributed by atoms with Gasteiger partial charge in [0.2, 0.25) is 11.8 Å². The van der Waals surface area contributed by atoms with Gasteiger partial charge in [-0.25, -0.2) is 0 Å². The predicted molar refractivity (Wildman–Crippen MR) is 79.2 cm³/mol. The van der Waals surface area contributed by atoms with Crippen molar-refractivity contribution in [2.45, 2.75) is 32.7 Å². The van der Waals surface area contributed by atoms with Gasteiger partial charge in [0.15, 0.2) is 0 Å². The monoisotopic (exact) mass is 275 g/mol. The Kier molecular flexibility index (Phi) is 4.39. The number of rotatable bonds is 5. The molecular weight excluding hydrogens is 254 g/mol. The molecule has 1 aliphatic rings. The summed E-state index contributed by atoms with van der Waals surface area (Å²) in [5, 5.41) is 5.61. The maximum atomic E-state index is 11.9. The summed E-state index contributed by atoms with van der Waals surface area (Å²) in [4.78, 5) is 23.6. The van der Waals surface area contributed by atoms with Crippen molar-refractivity contribution in [3.63, 3.8) is 0 Å². The lowest BCUT2D eigenvalue weighted by molar-refractivity contribution is -0.118. The summed E-state index contributed by atoms with van der Waals surface area (Å²) in [6.45, 7) is 3.80. The van der Waals surface area contributed by atoms with E-state index >= 15 is 0 Å². The van der Waals surface area contributed by atoms with Crippen LogP contribution in [0.2, 0.25) is 0 Å². The zero-order valence-electron chi connectivity index (χ0n) is 11.8. The minimum Gasteiger partial charge on any atom is -0.326 e. The van der Waals surface area contributed by atoms with Crippen molar-refractivity contribution in [1.29, 1.82) is 0 Å². The molecule has 0 aliphatic heterocycles. The molecule has 5 nitrogen and oxygen atoms in total. The summed E-state index contributed by atoms with van der Waals surface area (Å²) < 4.78 is 0. The van der Waals surface area contributed by atoms with E-state index in [9.17, 15) is 9.59 Å². The van der Waals surface area contributed by atoms with Crippen molar-refractivity contribution in [3.8, 4) is 0 Å². The van der Waals surface area contributed by atoms with Gasteiger partial charge in [-0.05, 0) is 37.0 Å². The van der Waals surface area contributed by atoms with Crippen LogP contribution in [0.3, 0.4) is 0 Å². The molecule has 0 heterocycles. The minimum atomic E-state index is -0.542. The zero-order valence-corrected chi connectivity index (χ0v) is 11.8. The first-order chi connectivity index (χ1) is 9.47. The van der Waals surface area contributed by atoms with E-state index in [0.717, 1.165) is 12.8 Å². The second-order valence-corrected chi connectivity index (χ2v) is 5.60. The third-order valence-electron chi connectivity index (χ3n) is 3.37. The van der Waals surface area contributed by atoms with Gasteiger partial charge in [-0.3, -0.25) is 9.59 Å². The van der Waals surface area contributed by atoms with Crippen molar-refractivity contribution in [1.82, 2.24) is 0 Å². The molecule has 2 rings (SSSR count). The molecule has 20 heavy (non-hydrogen) atoms. The zero-order chi connectivity index (χ0) is 14.7. The Morgan fingerprint density at radius 2 is 1.80 bits per heavy atom. The summed E-state index contributed by atoms with van der Waals surface area (Å²) in [5.41, 5.74) is 7.12. The Morgan fingerprint density at radius 3 is 2.35 bits per heavy atom. The van der Waals surface area contributed by atoms with E-state index in [1.807, 2.05) is 13.8 Å². The molecule has 1 atom stereocenters. The molecule has 0 unspecified atom stereocenters. The Hall–Kier alpha value is -1.88. The normalized spacial score (nSPS) is 15.8. The van der Waals surface area contributed by atoms with E-state index in [1.165, 1.54) is 0 Å². The number of amides is 2. The molecule has 0 radical (unpaired) electrons. The topological polar surface area (TPSA) is 84.2 Å². The standard InChI is InChI=1S/C15H21N3O2/c1-9(2)13(16)15(20)18-12-5-3-4-11(8-12)17-14(19)10-6-7-10/h3-5,8-10,13H,6-7,16H2,1-2H3,(H,17,19)(H,18,20)/t13-/m0/s1. The lowest BCUT2D eigenvalue weighted by atomic mass is 10.0. The first kappa shape index (κ1) is 14.5. The fraction of sp³-hybridized carbons (Fsp3) is 0.467. The Bertz CT molecular complexity index is 510. The summed E-state index contributed by atoms with van der Waals surface area (Å²) in [6.07, 6.45) is 1.93. The van der Waals surface area contributed by atoms with Crippen LogP contribution < -0.4 is 16.4 Å². The van der Waals surface area contributed by atoms with Crippen molar-refractivity contribution in [3.05, 3.63) is 24.3 Å². The molecule has 4 N–H and O–H groups in total. The van der Waals surface area contributed by atoms with Gasteiger partial charge in [0.25, 0.3) is 0 Å². The van der Waals surface area contributed by atoms with Crippen LogP contribution in [0, 0.1) is 11.8 Å². The molecule has 0 spiro atoms. The predicted octanol–water partition coefficient (Wildman–Crippen LogP) is 1.96.